The molecule has 1 aliphatic rings. The second kappa shape index (κ2) is 13.0. The summed E-state index contributed by atoms with van der Waals surface area (Å²) in [4.78, 5) is 47.1. The Balaban J connectivity index is 1.84. The van der Waals surface area contributed by atoms with Crippen LogP contribution >= 0.6 is 0 Å². The highest BCUT2D eigenvalue weighted by Gasteiger charge is 2.52. The summed E-state index contributed by atoms with van der Waals surface area (Å²) >= 11 is 0. The van der Waals surface area contributed by atoms with E-state index < -0.39 is 54.6 Å². The summed E-state index contributed by atoms with van der Waals surface area (Å²) in [5.41, 5.74) is 1.31. The number of aromatic nitrogens is 1. The van der Waals surface area contributed by atoms with Gasteiger partial charge in [-0.3, -0.25) is 19.2 Å². The molecule has 5 unspecified atom stereocenters. The van der Waals surface area contributed by atoms with Crippen molar-refractivity contribution in [1.82, 2.24) is 5.16 Å². The third kappa shape index (κ3) is 7.76. The normalized spacial score (nSPS) is 22.7. The van der Waals surface area contributed by atoms with Crippen LogP contribution < -0.4 is 4.74 Å². The predicted octanol–water partition coefficient (Wildman–Crippen LogP) is 1.95. The highest BCUT2D eigenvalue weighted by Crippen LogP contribution is 2.31. The Labute approximate surface area is 218 Å². The van der Waals surface area contributed by atoms with Gasteiger partial charge in [0.25, 0.3) is 0 Å². The van der Waals surface area contributed by atoms with Gasteiger partial charge in [-0.15, -0.1) is 0 Å². The molecule has 0 aliphatic carbocycles. The molecule has 0 N–H and O–H groups in total. The molecule has 1 aliphatic heterocycles. The van der Waals surface area contributed by atoms with E-state index >= 15 is 0 Å². The summed E-state index contributed by atoms with van der Waals surface area (Å²) in [6.07, 6.45) is -6.38. The van der Waals surface area contributed by atoms with Gasteiger partial charge in [-0.25, -0.2) is 0 Å². The minimum Gasteiger partial charge on any atom is -0.497 e. The lowest BCUT2D eigenvalue weighted by Crippen LogP contribution is -2.62. The van der Waals surface area contributed by atoms with Crippen LogP contribution in [0, 0.1) is 0 Å². The zero-order valence-corrected chi connectivity index (χ0v) is 21.5. The van der Waals surface area contributed by atoms with Gasteiger partial charge in [0, 0.05) is 39.3 Å². The molecule has 0 spiro atoms. The third-order valence-corrected chi connectivity index (χ3v) is 5.28. The minimum atomic E-state index is -1.33. The Morgan fingerprint density at radius 3 is 2.03 bits per heavy atom. The molecule has 13 nitrogen and oxygen atoms in total. The first-order chi connectivity index (χ1) is 18.1. The molecular weight excluding hydrogens is 506 g/mol. The molecule has 0 bridgehead atoms. The van der Waals surface area contributed by atoms with Crippen molar-refractivity contribution in [2.45, 2.75) is 65.0 Å². The molecule has 1 saturated heterocycles. The van der Waals surface area contributed by atoms with Gasteiger partial charge < -0.3 is 37.7 Å². The number of rotatable bonds is 10. The van der Waals surface area contributed by atoms with Crippen LogP contribution in [0.5, 0.6) is 5.75 Å². The summed E-state index contributed by atoms with van der Waals surface area (Å²) < 4.78 is 43.4. The number of carbonyl (C=O) groups is 4. The molecule has 2 aromatic rings. The first kappa shape index (κ1) is 28.6. The number of esters is 4. The van der Waals surface area contributed by atoms with Gasteiger partial charge in [-0.05, 0) is 24.3 Å². The van der Waals surface area contributed by atoms with Gasteiger partial charge in [0.2, 0.25) is 0 Å². The highest BCUT2D eigenvalue weighted by atomic mass is 16.7. The van der Waals surface area contributed by atoms with E-state index in [2.05, 4.69) is 5.16 Å². The lowest BCUT2D eigenvalue weighted by atomic mass is 9.98. The van der Waals surface area contributed by atoms with Gasteiger partial charge in [0.05, 0.1) is 7.11 Å². The van der Waals surface area contributed by atoms with Crippen LogP contribution in [0.4, 0.5) is 0 Å². The predicted molar refractivity (Wildman–Crippen MR) is 125 cm³/mol. The lowest BCUT2D eigenvalue weighted by molar-refractivity contribution is -0.311. The molecule has 2 heterocycles. The minimum absolute atomic E-state index is 0.184. The van der Waals surface area contributed by atoms with Crippen molar-refractivity contribution in [1.29, 1.82) is 0 Å². The van der Waals surface area contributed by atoms with Crippen LogP contribution in [-0.2, 0) is 54.2 Å². The zero-order chi connectivity index (χ0) is 27.8. The molecule has 1 aromatic carbocycles. The van der Waals surface area contributed by atoms with Gasteiger partial charge in [-0.1, -0.05) is 5.16 Å². The van der Waals surface area contributed by atoms with Gasteiger partial charge in [-0.2, -0.15) is 0 Å². The second-order valence-electron chi connectivity index (χ2n) is 8.29. The molecule has 206 valence electrons. The van der Waals surface area contributed by atoms with Crippen molar-refractivity contribution in [3.05, 3.63) is 36.1 Å². The molecule has 1 aromatic heterocycles. The van der Waals surface area contributed by atoms with Crippen molar-refractivity contribution in [3.63, 3.8) is 0 Å². The van der Waals surface area contributed by atoms with E-state index in [1.54, 1.807) is 37.4 Å². The maximum atomic E-state index is 11.9. The maximum absolute atomic E-state index is 11.9. The van der Waals surface area contributed by atoms with Crippen molar-refractivity contribution in [3.8, 4) is 17.0 Å². The topological polar surface area (TPSA) is 159 Å². The Morgan fingerprint density at radius 1 is 0.842 bits per heavy atom. The van der Waals surface area contributed by atoms with Crippen LogP contribution in [0.2, 0.25) is 0 Å². The summed E-state index contributed by atoms with van der Waals surface area (Å²) in [5, 5.41) is 4.03. The number of hydrogen-bond acceptors (Lipinski definition) is 13. The SMILES string of the molecule is COc1ccc(-c2cc(COC3OC(COC(C)=O)C(OC(C)=O)C(OC(C)=O)C3OC(C)=O)on2)cc1. The highest BCUT2D eigenvalue weighted by molar-refractivity contribution is 5.68. The number of hydrogen-bond donors (Lipinski definition) is 0. The van der Waals surface area contributed by atoms with E-state index in [1.807, 2.05) is 0 Å². The van der Waals surface area contributed by atoms with Gasteiger partial charge in [0.15, 0.2) is 30.4 Å². The number of methoxy groups -OCH3 is 1. The summed E-state index contributed by atoms with van der Waals surface area (Å²) in [7, 11) is 1.56. The number of carbonyl (C=O) groups excluding carboxylic acids is 4. The van der Waals surface area contributed by atoms with Crippen LogP contribution in [0.25, 0.3) is 11.3 Å². The monoisotopic (exact) mass is 535 g/mol. The molecule has 0 amide bonds. The molecule has 0 saturated carbocycles. The molecule has 0 radical (unpaired) electrons. The van der Waals surface area contributed by atoms with Crippen molar-refractivity contribution in [2.75, 3.05) is 13.7 Å². The standard InChI is InChI=1S/C25H29NO12/c1-13(27)32-12-21-22(34-14(2)28)23(35-15(3)29)24(36-16(4)30)25(37-21)33-11-19-10-20(26-38-19)17-6-8-18(31-5)9-7-17/h6-10,21-25H,11-12H2,1-5H3. The second-order valence-corrected chi connectivity index (χ2v) is 8.29. The van der Waals surface area contributed by atoms with E-state index in [4.69, 9.17) is 37.7 Å². The quantitative estimate of drug-likeness (QED) is 0.321. The van der Waals surface area contributed by atoms with Crippen molar-refractivity contribution < 1.29 is 56.9 Å². The Bertz CT molecular complexity index is 1130. The number of nitrogens with zero attached hydrogens (tertiary/aromatic N) is 1. The summed E-state index contributed by atoms with van der Waals surface area (Å²) in [6.45, 7) is 4.07. The molecule has 1 fully saturated rings. The lowest BCUT2D eigenvalue weighted by Gasteiger charge is -2.43. The fourth-order valence-corrected chi connectivity index (χ4v) is 3.77. The summed E-state index contributed by atoms with van der Waals surface area (Å²) in [6, 6.07) is 8.81. The molecule has 3 rings (SSSR count). The van der Waals surface area contributed by atoms with Crippen LogP contribution in [0.3, 0.4) is 0 Å². The summed E-state index contributed by atoms with van der Waals surface area (Å²) in [5.74, 6) is -1.82. The molecule has 38 heavy (non-hydrogen) atoms. The Morgan fingerprint density at radius 2 is 1.45 bits per heavy atom. The van der Waals surface area contributed by atoms with Gasteiger partial charge in [0.1, 0.15) is 30.8 Å². The van der Waals surface area contributed by atoms with E-state index in [-0.39, 0.29) is 13.2 Å². The Hall–Kier alpha value is -3.97. The van der Waals surface area contributed by atoms with Gasteiger partial charge >= 0.3 is 23.9 Å². The van der Waals surface area contributed by atoms with Crippen molar-refractivity contribution in [2.24, 2.45) is 0 Å². The van der Waals surface area contributed by atoms with E-state index in [0.29, 0.717) is 17.2 Å². The average molecular weight is 536 g/mol. The number of ether oxygens (including phenoxy) is 7. The average Bonchev–Trinajstić information content (AvgIpc) is 3.33. The molecule has 5 atom stereocenters. The first-order valence-electron chi connectivity index (χ1n) is 11.6. The molecular formula is C25H29NO12. The smallest absolute Gasteiger partial charge is 0.303 e. The zero-order valence-electron chi connectivity index (χ0n) is 21.5. The largest absolute Gasteiger partial charge is 0.497 e. The number of benzene rings is 1. The third-order valence-electron chi connectivity index (χ3n) is 5.28. The van der Waals surface area contributed by atoms with E-state index in [0.717, 1.165) is 26.3 Å². The first-order valence-corrected chi connectivity index (χ1v) is 11.6. The van der Waals surface area contributed by atoms with Crippen molar-refractivity contribution >= 4 is 23.9 Å². The fourth-order valence-electron chi connectivity index (χ4n) is 3.77. The van der Waals surface area contributed by atoms with E-state index in [1.165, 1.54) is 6.92 Å². The maximum Gasteiger partial charge on any atom is 0.303 e. The fraction of sp³-hybridized carbons (Fsp3) is 0.480. The van der Waals surface area contributed by atoms with Crippen LogP contribution in [0.15, 0.2) is 34.9 Å². The van der Waals surface area contributed by atoms with Crippen LogP contribution in [-0.4, -0.2) is 73.5 Å². The van der Waals surface area contributed by atoms with E-state index in [9.17, 15) is 19.2 Å². The Kier molecular flexibility index (Phi) is 9.79. The van der Waals surface area contributed by atoms with Crippen LogP contribution in [0.1, 0.15) is 33.5 Å². The molecule has 13 heteroatoms.